The maximum absolute atomic E-state index is 12.5. The summed E-state index contributed by atoms with van der Waals surface area (Å²) < 4.78 is 6.49. The van der Waals surface area contributed by atoms with Gasteiger partial charge < -0.3 is 14.6 Å². The summed E-state index contributed by atoms with van der Waals surface area (Å²) in [5.41, 5.74) is 3.27. The number of nitrogens with zero attached hydrogens (tertiary/aromatic N) is 2. The number of ether oxygens (including phenoxy) is 1. The van der Waals surface area contributed by atoms with Gasteiger partial charge >= 0.3 is 5.97 Å². The number of methoxy groups -OCH3 is 1. The molecule has 0 aliphatic heterocycles. The van der Waals surface area contributed by atoms with Crippen LogP contribution in [0.3, 0.4) is 0 Å². The molecule has 1 amide bonds. The lowest BCUT2D eigenvalue weighted by Gasteiger charge is -2.12. The molecule has 28 heavy (non-hydrogen) atoms. The van der Waals surface area contributed by atoms with Crippen LogP contribution in [-0.2, 0) is 16.1 Å². The number of nitro benzene ring substituents is 1. The fourth-order valence-electron chi connectivity index (χ4n) is 3.05. The quantitative estimate of drug-likeness (QED) is 0.413. The van der Waals surface area contributed by atoms with Crippen LogP contribution in [0.4, 0.5) is 11.4 Å². The number of benzene rings is 2. The fourth-order valence-corrected chi connectivity index (χ4v) is 3.05. The number of carbonyl (C=O) groups is 2. The zero-order valence-electron chi connectivity index (χ0n) is 15.7. The number of nitro groups is 1. The molecule has 2 aromatic carbocycles. The summed E-state index contributed by atoms with van der Waals surface area (Å²) in [7, 11) is 1.31. The summed E-state index contributed by atoms with van der Waals surface area (Å²) >= 11 is 0. The Kier molecular flexibility index (Phi) is 5.12. The van der Waals surface area contributed by atoms with Crippen molar-refractivity contribution in [3.63, 3.8) is 0 Å². The highest BCUT2D eigenvalue weighted by molar-refractivity contribution is 5.96. The van der Waals surface area contributed by atoms with Gasteiger partial charge in [-0.3, -0.25) is 14.9 Å². The van der Waals surface area contributed by atoms with E-state index < -0.39 is 10.9 Å². The maximum atomic E-state index is 12.5. The molecular formula is C20H19N3O5. The van der Waals surface area contributed by atoms with E-state index in [2.05, 4.69) is 5.32 Å². The molecule has 1 aromatic heterocycles. The van der Waals surface area contributed by atoms with Gasteiger partial charge in [-0.2, -0.15) is 0 Å². The van der Waals surface area contributed by atoms with E-state index in [0.29, 0.717) is 16.6 Å². The van der Waals surface area contributed by atoms with Gasteiger partial charge in [-0.05, 0) is 49.2 Å². The van der Waals surface area contributed by atoms with Gasteiger partial charge in [-0.25, -0.2) is 4.79 Å². The molecule has 0 radical (unpaired) electrons. The van der Waals surface area contributed by atoms with E-state index in [4.69, 9.17) is 4.74 Å². The topological polar surface area (TPSA) is 103 Å². The van der Waals surface area contributed by atoms with Crippen LogP contribution >= 0.6 is 0 Å². The summed E-state index contributed by atoms with van der Waals surface area (Å²) in [5.74, 6) is -0.746. The number of anilines is 1. The second-order valence-electron chi connectivity index (χ2n) is 6.45. The molecule has 8 heteroatoms. The highest BCUT2D eigenvalue weighted by Crippen LogP contribution is 2.23. The number of esters is 1. The molecule has 0 saturated heterocycles. The molecule has 3 rings (SSSR count). The normalized spacial score (nSPS) is 10.7. The van der Waals surface area contributed by atoms with Crippen LogP contribution in [0.2, 0.25) is 0 Å². The minimum Gasteiger partial charge on any atom is -0.465 e. The molecule has 8 nitrogen and oxygen atoms in total. The molecule has 0 aliphatic rings. The van der Waals surface area contributed by atoms with E-state index in [1.807, 2.05) is 13.8 Å². The van der Waals surface area contributed by atoms with E-state index in [9.17, 15) is 19.7 Å². The predicted octanol–water partition coefficient (Wildman–Crippen LogP) is 3.59. The number of carbonyl (C=O) groups excluding carboxylic acids is 2. The second kappa shape index (κ2) is 7.51. The molecule has 0 fully saturated rings. The molecule has 0 atom stereocenters. The van der Waals surface area contributed by atoms with Gasteiger partial charge in [-0.1, -0.05) is 0 Å². The summed E-state index contributed by atoms with van der Waals surface area (Å²) in [4.78, 5) is 34.8. The Hall–Kier alpha value is -3.68. The number of hydrogen-bond acceptors (Lipinski definition) is 5. The van der Waals surface area contributed by atoms with E-state index in [-0.39, 0.29) is 18.1 Å². The van der Waals surface area contributed by atoms with Crippen molar-refractivity contribution in [2.75, 3.05) is 12.4 Å². The zero-order chi connectivity index (χ0) is 20.4. The average Bonchev–Trinajstić information content (AvgIpc) is 3.05. The van der Waals surface area contributed by atoms with Crippen molar-refractivity contribution in [1.82, 2.24) is 4.57 Å². The summed E-state index contributed by atoms with van der Waals surface area (Å²) in [6.07, 6.45) is 1.70. The third-order valence-electron chi connectivity index (χ3n) is 4.64. The molecule has 0 aliphatic carbocycles. The van der Waals surface area contributed by atoms with Gasteiger partial charge in [0.2, 0.25) is 5.91 Å². The van der Waals surface area contributed by atoms with Gasteiger partial charge in [0.15, 0.2) is 0 Å². The Bertz CT molecular complexity index is 1100. The first-order chi connectivity index (χ1) is 13.3. The molecule has 0 spiro atoms. The zero-order valence-corrected chi connectivity index (χ0v) is 15.7. The first-order valence-corrected chi connectivity index (χ1v) is 8.53. The first kappa shape index (κ1) is 19.1. The van der Waals surface area contributed by atoms with Crippen molar-refractivity contribution in [2.45, 2.75) is 20.4 Å². The predicted molar refractivity (Wildman–Crippen MR) is 104 cm³/mol. The Morgan fingerprint density at radius 3 is 2.61 bits per heavy atom. The minimum atomic E-state index is -0.463. The van der Waals surface area contributed by atoms with E-state index >= 15 is 0 Å². The lowest BCUT2D eigenvalue weighted by molar-refractivity contribution is -0.384. The SMILES string of the molecule is COC(=O)c1cc(NC(=O)Cn2ccc3cc([N+](=O)[O-])ccc32)cc(C)c1C. The minimum absolute atomic E-state index is 0.000159. The number of nitrogens with one attached hydrogen (secondary N) is 1. The molecule has 1 N–H and O–H groups in total. The number of aromatic nitrogens is 1. The monoisotopic (exact) mass is 381 g/mol. The van der Waals surface area contributed by atoms with Crippen molar-refractivity contribution in [1.29, 1.82) is 0 Å². The average molecular weight is 381 g/mol. The highest BCUT2D eigenvalue weighted by Gasteiger charge is 2.15. The Balaban J connectivity index is 1.81. The lowest BCUT2D eigenvalue weighted by atomic mass is 10.0. The van der Waals surface area contributed by atoms with E-state index in [1.54, 1.807) is 35.0 Å². The number of rotatable bonds is 5. The maximum Gasteiger partial charge on any atom is 0.338 e. The molecule has 3 aromatic rings. The number of fused-ring (bicyclic) bond motifs is 1. The standard InChI is InChI=1S/C20H19N3O5/c1-12-8-15(10-17(13(12)2)20(25)28-3)21-19(24)11-22-7-6-14-9-16(23(26)27)4-5-18(14)22/h4-10H,11H2,1-3H3,(H,21,24). The van der Waals surface area contributed by atoms with Crippen LogP contribution in [0.15, 0.2) is 42.6 Å². The van der Waals surface area contributed by atoms with Gasteiger partial charge in [0.25, 0.3) is 5.69 Å². The van der Waals surface area contributed by atoms with Crippen molar-refractivity contribution in [2.24, 2.45) is 0 Å². The van der Waals surface area contributed by atoms with Crippen LogP contribution in [0.1, 0.15) is 21.5 Å². The second-order valence-corrected chi connectivity index (χ2v) is 6.45. The van der Waals surface area contributed by atoms with Gasteiger partial charge in [-0.15, -0.1) is 0 Å². The number of hydrogen-bond donors (Lipinski definition) is 1. The van der Waals surface area contributed by atoms with Crippen LogP contribution < -0.4 is 5.32 Å². The Labute approximate surface area is 160 Å². The van der Waals surface area contributed by atoms with Crippen LogP contribution in [0.5, 0.6) is 0 Å². The van der Waals surface area contributed by atoms with E-state index in [0.717, 1.165) is 16.6 Å². The van der Waals surface area contributed by atoms with E-state index in [1.165, 1.54) is 19.2 Å². The molecular weight excluding hydrogens is 362 g/mol. The lowest BCUT2D eigenvalue weighted by Crippen LogP contribution is -2.19. The van der Waals surface area contributed by atoms with Gasteiger partial charge in [0, 0.05) is 34.9 Å². The number of amides is 1. The van der Waals surface area contributed by atoms with Crippen molar-refractivity contribution >= 4 is 34.2 Å². The van der Waals surface area contributed by atoms with Gasteiger partial charge in [0.1, 0.15) is 6.54 Å². The number of aryl methyl sites for hydroxylation is 1. The molecule has 1 heterocycles. The van der Waals surface area contributed by atoms with Crippen molar-refractivity contribution in [3.05, 3.63) is 69.4 Å². The largest absolute Gasteiger partial charge is 0.465 e. The molecule has 0 unspecified atom stereocenters. The molecule has 0 saturated carbocycles. The van der Waals surface area contributed by atoms with Gasteiger partial charge in [0.05, 0.1) is 17.6 Å². The molecule has 144 valence electrons. The van der Waals surface area contributed by atoms with Crippen molar-refractivity contribution in [3.8, 4) is 0 Å². The van der Waals surface area contributed by atoms with Crippen LogP contribution in [-0.4, -0.2) is 28.5 Å². The first-order valence-electron chi connectivity index (χ1n) is 8.53. The smallest absolute Gasteiger partial charge is 0.338 e. The fraction of sp³-hybridized carbons (Fsp3) is 0.200. The summed E-state index contributed by atoms with van der Waals surface area (Å²) in [6.45, 7) is 3.70. The highest BCUT2D eigenvalue weighted by atomic mass is 16.6. The Morgan fingerprint density at radius 1 is 1.18 bits per heavy atom. The summed E-state index contributed by atoms with van der Waals surface area (Å²) in [6, 6.07) is 9.59. The third-order valence-corrected chi connectivity index (χ3v) is 4.64. The third kappa shape index (κ3) is 3.71. The Morgan fingerprint density at radius 2 is 1.93 bits per heavy atom. The molecule has 0 bridgehead atoms. The summed E-state index contributed by atoms with van der Waals surface area (Å²) in [5, 5.41) is 14.4. The number of non-ortho nitro benzene ring substituents is 1. The van der Waals surface area contributed by atoms with Crippen LogP contribution in [0, 0.1) is 24.0 Å². The van der Waals surface area contributed by atoms with Crippen molar-refractivity contribution < 1.29 is 19.2 Å². The van der Waals surface area contributed by atoms with Crippen LogP contribution in [0.25, 0.3) is 10.9 Å².